The van der Waals surface area contributed by atoms with Crippen molar-refractivity contribution in [2.75, 3.05) is 33.3 Å². The third-order valence-electron chi connectivity index (χ3n) is 4.18. The molecule has 2 heterocycles. The standard InChI is InChI=1S/C17H22ClN3O5/c1-3-26-15-13(18)7-12(8-19-15)16(23)20(2)10-14(22)21-6-4-5-11(9-21)17(24)25/h7-8,11H,3-6,9-10H2,1-2H3,(H,24,25). The number of pyridine rings is 1. The molecule has 2 rings (SSSR count). The number of aliphatic carboxylic acids is 1. The number of rotatable bonds is 6. The van der Waals surface area contributed by atoms with Crippen molar-refractivity contribution >= 4 is 29.4 Å². The summed E-state index contributed by atoms with van der Waals surface area (Å²) < 4.78 is 5.23. The zero-order valence-electron chi connectivity index (χ0n) is 14.8. The van der Waals surface area contributed by atoms with E-state index in [-0.39, 0.29) is 35.5 Å². The maximum Gasteiger partial charge on any atom is 0.308 e. The fourth-order valence-corrected chi connectivity index (χ4v) is 3.01. The molecule has 0 bridgehead atoms. The molecule has 0 saturated carbocycles. The zero-order valence-corrected chi connectivity index (χ0v) is 15.5. The number of nitrogens with zero attached hydrogens (tertiary/aromatic N) is 3. The van der Waals surface area contributed by atoms with Crippen LogP contribution in [0, 0.1) is 5.92 Å². The molecule has 1 saturated heterocycles. The molecule has 2 amide bonds. The minimum Gasteiger partial charge on any atom is -0.481 e. The summed E-state index contributed by atoms with van der Waals surface area (Å²) in [6, 6.07) is 1.45. The summed E-state index contributed by atoms with van der Waals surface area (Å²) in [6.07, 6.45) is 2.55. The summed E-state index contributed by atoms with van der Waals surface area (Å²) in [6.45, 7) is 2.73. The molecular weight excluding hydrogens is 362 g/mol. The summed E-state index contributed by atoms with van der Waals surface area (Å²) in [7, 11) is 1.50. The van der Waals surface area contributed by atoms with Crippen molar-refractivity contribution in [3.63, 3.8) is 0 Å². The molecular formula is C17H22ClN3O5. The molecule has 1 atom stereocenters. The first kappa shape index (κ1) is 20.0. The van der Waals surface area contributed by atoms with Crippen LogP contribution in [0.2, 0.25) is 5.02 Å². The van der Waals surface area contributed by atoms with E-state index < -0.39 is 17.8 Å². The van der Waals surface area contributed by atoms with E-state index in [4.69, 9.17) is 21.4 Å². The van der Waals surface area contributed by atoms with Gasteiger partial charge in [0.25, 0.3) is 5.91 Å². The molecule has 0 spiro atoms. The number of likely N-dealkylation sites (tertiary alicyclic amines) is 1. The molecule has 1 aromatic rings. The molecule has 9 heteroatoms. The highest BCUT2D eigenvalue weighted by Crippen LogP contribution is 2.23. The van der Waals surface area contributed by atoms with Crippen LogP contribution in [0.25, 0.3) is 0 Å². The molecule has 1 aromatic heterocycles. The number of likely N-dealkylation sites (N-methyl/N-ethyl adjacent to an activating group) is 1. The number of amides is 2. The molecule has 0 aromatic carbocycles. The third kappa shape index (κ3) is 4.85. The van der Waals surface area contributed by atoms with Gasteiger partial charge >= 0.3 is 5.97 Å². The van der Waals surface area contributed by atoms with Gasteiger partial charge in [-0.2, -0.15) is 0 Å². The van der Waals surface area contributed by atoms with E-state index in [1.54, 1.807) is 6.92 Å². The van der Waals surface area contributed by atoms with Crippen molar-refractivity contribution in [3.8, 4) is 5.88 Å². The van der Waals surface area contributed by atoms with Gasteiger partial charge in [-0.1, -0.05) is 11.6 Å². The molecule has 0 radical (unpaired) electrons. The average molecular weight is 384 g/mol. The van der Waals surface area contributed by atoms with E-state index in [2.05, 4.69) is 4.98 Å². The van der Waals surface area contributed by atoms with E-state index in [1.165, 1.54) is 29.1 Å². The third-order valence-corrected chi connectivity index (χ3v) is 4.45. The molecule has 1 aliphatic heterocycles. The van der Waals surface area contributed by atoms with Gasteiger partial charge in [-0.25, -0.2) is 4.98 Å². The van der Waals surface area contributed by atoms with Crippen LogP contribution < -0.4 is 4.74 Å². The first-order chi connectivity index (χ1) is 12.3. The van der Waals surface area contributed by atoms with Crippen LogP contribution in [0.5, 0.6) is 5.88 Å². The van der Waals surface area contributed by atoms with Crippen LogP contribution in [0.4, 0.5) is 0 Å². The maximum atomic E-state index is 12.5. The van der Waals surface area contributed by atoms with Crippen molar-refractivity contribution in [2.45, 2.75) is 19.8 Å². The van der Waals surface area contributed by atoms with Gasteiger partial charge in [-0.3, -0.25) is 14.4 Å². The van der Waals surface area contributed by atoms with Crippen LogP contribution in [-0.2, 0) is 9.59 Å². The van der Waals surface area contributed by atoms with Crippen LogP contribution in [0.3, 0.4) is 0 Å². The van der Waals surface area contributed by atoms with E-state index in [9.17, 15) is 14.4 Å². The smallest absolute Gasteiger partial charge is 0.308 e. The summed E-state index contributed by atoms with van der Waals surface area (Å²) in [5.74, 6) is -1.89. The number of hydrogen-bond donors (Lipinski definition) is 1. The molecule has 0 aliphatic carbocycles. The second-order valence-electron chi connectivity index (χ2n) is 6.12. The number of halogens is 1. The minimum atomic E-state index is -0.901. The lowest BCUT2D eigenvalue weighted by atomic mass is 9.98. The Hall–Kier alpha value is -2.35. The molecule has 1 unspecified atom stereocenters. The van der Waals surface area contributed by atoms with Crippen LogP contribution in [0.15, 0.2) is 12.3 Å². The molecule has 8 nitrogen and oxygen atoms in total. The second-order valence-corrected chi connectivity index (χ2v) is 6.53. The Kier molecular flexibility index (Phi) is 6.79. The number of piperidine rings is 1. The van der Waals surface area contributed by atoms with Crippen molar-refractivity contribution in [3.05, 3.63) is 22.8 Å². The fraction of sp³-hybridized carbons (Fsp3) is 0.529. The quantitative estimate of drug-likeness (QED) is 0.799. The lowest BCUT2D eigenvalue weighted by Crippen LogP contribution is -2.46. The van der Waals surface area contributed by atoms with E-state index in [1.807, 2.05) is 0 Å². The van der Waals surface area contributed by atoms with E-state index in [0.717, 1.165) is 0 Å². The first-order valence-corrected chi connectivity index (χ1v) is 8.75. The number of carbonyl (C=O) groups is 3. The zero-order chi connectivity index (χ0) is 19.3. The van der Waals surface area contributed by atoms with Gasteiger partial charge in [0.15, 0.2) is 0 Å². The van der Waals surface area contributed by atoms with E-state index in [0.29, 0.717) is 26.0 Å². The molecule has 1 N–H and O–H groups in total. The first-order valence-electron chi connectivity index (χ1n) is 8.37. The van der Waals surface area contributed by atoms with Crippen molar-refractivity contribution < 1.29 is 24.2 Å². The van der Waals surface area contributed by atoms with Crippen molar-refractivity contribution in [2.24, 2.45) is 5.92 Å². The Balaban J connectivity index is 1.99. The van der Waals surface area contributed by atoms with Gasteiger partial charge in [0, 0.05) is 26.3 Å². The number of hydrogen-bond acceptors (Lipinski definition) is 5. The van der Waals surface area contributed by atoms with Gasteiger partial charge < -0.3 is 19.6 Å². The second kappa shape index (κ2) is 8.84. The van der Waals surface area contributed by atoms with Crippen LogP contribution in [0.1, 0.15) is 30.1 Å². The Morgan fingerprint density at radius 2 is 2.19 bits per heavy atom. The number of carboxylic acids is 1. The normalized spacial score (nSPS) is 16.9. The Labute approximate surface area is 156 Å². The lowest BCUT2D eigenvalue weighted by Gasteiger charge is -2.32. The number of carboxylic acid groups (broad SMARTS) is 1. The summed E-state index contributed by atoms with van der Waals surface area (Å²) in [5, 5.41) is 9.33. The van der Waals surface area contributed by atoms with Crippen molar-refractivity contribution in [1.29, 1.82) is 0 Å². The molecule has 26 heavy (non-hydrogen) atoms. The minimum absolute atomic E-state index is 0.143. The largest absolute Gasteiger partial charge is 0.481 e. The Morgan fingerprint density at radius 1 is 1.46 bits per heavy atom. The Bertz CT molecular complexity index is 697. The SMILES string of the molecule is CCOc1ncc(C(=O)N(C)CC(=O)N2CCCC(C(=O)O)C2)cc1Cl. The molecule has 142 valence electrons. The average Bonchev–Trinajstić information content (AvgIpc) is 2.62. The van der Waals surface area contributed by atoms with Gasteiger partial charge in [-0.15, -0.1) is 0 Å². The lowest BCUT2D eigenvalue weighted by molar-refractivity contribution is -0.145. The summed E-state index contributed by atoms with van der Waals surface area (Å²) >= 11 is 6.04. The number of ether oxygens (including phenoxy) is 1. The van der Waals surface area contributed by atoms with Crippen LogP contribution >= 0.6 is 11.6 Å². The summed E-state index contributed by atoms with van der Waals surface area (Å²) in [5.41, 5.74) is 0.246. The van der Waals surface area contributed by atoms with Crippen molar-refractivity contribution in [1.82, 2.24) is 14.8 Å². The van der Waals surface area contributed by atoms with Gasteiger partial charge in [0.1, 0.15) is 5.02 Å². The predicted octanol–water partition coefficient (Wildman–Crippen LogP) is 1.53. The monoisotopic (exact) mass is 383 g/mol. The highest BCUT2D eigenvalue weighted by atomic mass is 35.5. The van der Waals surface area contributed by atoms with Gasteiger partial charge in [0.05, 0.1) is 24.6 Å². The topological polar surface area (TPSA) is 100 Å². The number of aromatic nitrogens is 1. The predicted molar refractivity (Wildman–Crippen MR) is 94.3 cm³/mol. The fourth-order valence-electron chi connectivity index (χ4n) is 2.79. The highest BCUT2D eigenvalue weighted by Gasteiger charge is 2.29. The Morgan fingerprint density at radius 3 is 2.81 bits per heavy atom. The highest BCUT2D eigenvalue weighted by molar-refractivity contribution is 6.32. The van der Waals surface area contributed by atoms with E-state index >= 15 is 0 Å². The molecule has 1 fully saturated rings. The van der Waals surface area contributed by atoms with Gasteiger partial charge in [-0.05, 0) is 25.8 Å². The summed E-state index contributed by atoms with van der Waals surface area (Å²) in [4.78, 5) is 42.8. The van der Waals surface area contributed by atoms with Crippen LogP contribution in [-0.4, -0.2) is 71.0 Å². The van der Waals surface area contributed by atoms with Gasteiger partial charge in [0.2, 0.25) is 11.8 Å². The molecule has 1 aliphatic rings. The maximum absolute atomic E-state index is 12.5. The number of carbonyl (C=O) groups excluding carboxylic acids is 2.